The highest BCUT2D eigenvalue weighted by Crippen LogP contribution is 2.32. The van der Waals surface area contributed by atoms with Crippen LogP contribution in [0, 0.1) is 10.6 Å². The van der Waals surface area contributed by atoms with Crippen LogP contribution in [-0.2, 0) is 20.3 Å². The predicted molar refractivity (Wildman–Crippen MR) is 83.0 cm³/mol. The Kier molecular flexibility index (Phi) is 4.37. The van der Waals surface area contributed by atoms with Crippen LogP contribution < -0.4 is 0 Å². The van der Waals surface area contributed by atoms with Crippen LogP contribution >= 0.6 is 12.2 Å². The van der Waals surface area contributed by atoms with Gasteiger partial charge in [-0.1, -0.05) is 12.1 Å². The molecule has 0 aliphatic carbocycles. The molecule has 118 valence electrons. The zero-order valence-electron chi connectivity index (χ0n) is 12.4. The number of nitrogens with zero attached hydrogens (tertiary/aromatic N) is 4. The normalized spacial score (nSPS) is 19.0. The predicted octanol–water partition coefficient (Wildman–Crippen LogP) is 2.38. The second kappa shape index (κ2) is 6.28. The summed E-state index contributed by atoms with van der Waals surface area (Å²) in [4.78, 5) is 2.25. The number of halogens is 1. The number of aliphatic hydroxyl groups excluding tert-OH is 1. The van der Waals surface area contributed by atoms with Gasteiger partial charge in [-0.25, -0.2) is 9.07 Å². The van der Waals surface area contributed by atoms with Gasteiger partial charge in [0.05, 0.1) is 6.67 Å². The molecule has 1 aromatic carbocycles. The number of aromatic nitrogens is 3. The van der Waals surface area contributed by atoms with Gasteiger partial charge in [-0.05, 0) is 42.8 Å². The Morgan fingerprint density at radius 2 is 2.27 bits per heavy atom. The molecule has 1 aliphatic heterocycles. The van der Waals surface area contributed by atoms with Crippen LogP contribution in [0.25, 0.3) is 0 Å². The van der Waals surface area contributed by atoms with E-state index in [-0.39, 0.29) is 18.5 Å². The number of benzene rings is 1. The maximum absolute atomic E-state index is 13.5. The summed E-state index contributed by atoms with van der Waals surface area (Å²) < 4.78 is 17.5. The molecule has 0 saturated carbocycles. The average molecular weight is 322 g/mol. The zero-order chi connectivity index (χ0) is 15.7. The fraction of sp³-hybridized carbons (Fsp3) is 0.467. The number of rotatable bonds is 4. The largest absolute Gasteiger partial charge is 0.388 e. The third kappa shape index (κ3) is 2.84. The summed E-state index contributed by atoms with van der Waals surface area (Å²) >= 11 is 5.36. The van der Waals surface area contributed by atoms with Crippen molar-refractivity contribution in [3.05, 3.63) is 46.2 Å². The van der Waals surface area contributed by atoms with Crippen LogP contribution in [-0.4, -0.2) is 30.9 Å². The molecule has 1 aliphatic rings. The quantitative estimate of drug-likeness (QED) is 0.878. The fourth-order valence-electron chi connectivity index (χ4n) is 3.02. The molecule has 1 unspecified atom stereocenters. The van der Waals surface area contributed by atoms with Gasteiger partial charge in [0.25, 0.3) is 0 Å². The maximum Gasteiger partial charge on any atom is 0.198 e. The van der Waals surface area contributed by atoms with Gasteiger partial charge in [0, 0.05) is 19.6 Å². The maximum atomic E-state index is 13.5. The van der Waals surface area contributed by atoms with Crippen molar-refractivity contribution < 1.29 is 9.50 Å². The van der Waals surface area contributed by atoms with Gasteiger partial charge in [-0.3, -0.25) is 4.90 Å². The first kappa shape index (κ1) is 15.3. The molecule has 1 N–H and O–H groups in total. The van der Waals surface area contributed by atoms with Gasteiger partial charge in [-0.2, -0.15) is 5.10 Å². The molecule has 0 radical (unpaired) electrons. The van der Waals surface area contributed by atoms with E-state index in [4.69, 9.17) is 12.2 Å². The molecule has 3 rings (SSSR count). The van der Waals surface area contributed by atoms with Crippen LogP contribution in [0.4, 0.5) is 4.39 Å². The highest BCUT2D eigenvalue weighted by molar-refractivity contribution is 7.71. The zero-order valence-corrected chi connectivity index (χ0v) is 13.3. The van der Waals surface area contributed by atoms with Gasteiger partial charge in [-0.15, -0.1) is 0 Å². The number of hydrogen-bond donors (Lipinski definition) is 1. The summed E-state index contributed by atoms with van der Waals surface area (Å²) in [6, 6.07) is 6.95. The summed E-state index contributed by atoms with van der Waals surface area (Å²) in [7, 11) is 1.80. The fourth-order valence-corrected chi connectivity index (χ4v) is 3.23. The molecule has 0 spiro atoms. The average Bonchev–Trinajstić information content (AvgIpc) is 3.07. The van der Waals surface area contributed by atoms with E-state index in [0.717, 1.165) is 24.9 Å². The molecule has 1 aromatic heterocycles. The van der Waals surface area contributed by atoms with Crippen molar-refractivity contribution in [3.8, 4) is 0 Å². The van der Waals surface area contributed by atoms with Crippen molar-refractivity contribution in [2.24, 2.45) is 7.05 Å². The number of likely N-dealkylation sites (tertiary alicyclic amines) is 1. The van der Waals surface area contributed by atoms with E-state index < -0.39 is 0 Å². The minimum Gasteiger partial charge on any atom is -0.388 e. The van der Waals surface area contributed by atoms with E-state index in [0.29, 0.717) is 17.3 Å². The topological polar surface area (TPSA) is 46.2 Å². The molecule has 2 aromatic rings. The van der Waals surface area contributed by atoms with Gasteiger partial charge in [0.15, 0.2) is 10.6 Å². The highest BCUT2D eigenvalue weighted by atomic mass is 32.1. The summed E-state index contributed by atoms with van der Waals surface area (Å²) in [5.41, 5.74) is 0.988. The van der Waals surface area contributed by atoms with E-state index >= 15 is 0 Å². The molecule has 7 heteroatoms. The van der Waals surface area contributed by atoms with E-state index in [1.54, 1.807) is 28.4 Å². The van der Waals surface area contributed by atoms with E-state index in [1.165, 1.54) is 6.07 Å². The SMILES string of the molecule is Cn1c(CO)nn(CN2CCCC2c2cccc(F)c2)c1=S. The molecule has 1 saturated heterocycles. The first-order valence-electron chi connectivity index (χ1n) is 7.33. The molecule has 1 fully saturated rings. The van der Waals surface area contributed by atoms with Crippen LogP contribution in [0.1, 0.15) is 30.3 Å². The third-order valence-corrected chi connectivity index (χ3v) is 4.67. The van der Waals surface area contributed by atoms with Crippen molar-refractivity contribution in [2.45, 2.75) is 32.2 Å². The van der Waals surface area contributed by atoms with Gasteiger partial charge in [0.2, 0.25) is 0 Å². The van der Waals surface area contributed by atoms with Crippen molar-refractivity contribution in [1.29, 1.82) is 0 Å². The highest BCUT2D eigenvalue weighted by Gasteiger charge is 2.27. The monoisotopic (exact) mass is 322 g/mol. The Morgan fingerprint density at radius 1 is 1.45 bits per heavy atom. The Bertz CT molecular complexity index is 727. The smallest absolute Gasteiger partial charge is 0.198 e. The molecule has 2 heterocycles. The van der Waals surface area contributed by atoms with Crippen LogP contribution in [0.3, 0.4) is 0 Å². The first-order chi connectivity index (χ1) is 10.6. The lowest BCUT2D eigenvalue weighted by Crippen LogP contribution is -2.27. The van der Waals surface area contributed by atoms with Crippen LogP contribution in [0.5, 0.6) is 0 Å². The lowest BCUT2D eigenvalue weighted by atomic mass is 10.0. The van der Waals surface area contributed by atoms with Gasteiger partial charge < -0.3 is 9.67 Å². The Labute approximate surface area is 133 Å². The van der Waals surface area contributed by atoms with Crippen LogP contribution in [0.2, 0.25) is 0 Å². The minimum atomic E-state index is -0.207. The lowest BCUT2D eigenvalue weighted by Gasteiger charge is -2.24. The van der Waals surface area contributed by atoms with Crippen molar-refractivity contribution in [2.75, 3.05) is 6.54 Å². The molecular weight excluding hydrogens is 303 g/mol. The second-order valence-corrected chi connectivity index (χ2v) is 5.95. The standard InChI is InChI=1S/C15H19FN4OS/c1-18-14(9-21)17-20(15(18)22)10-19-7-3-6-13(19)11-4-2-5-12(16)8-11/h2,4-5,8,13,21H,3,6-7,9-10H2,1H3. The Balaban J connectivity index is 1.84. The molecular formula is C15H19FN4OS. The van der Waals surface area contributed by atoms with Gasteiger partial charge >= 0.3 is 0 Å². The number of aliphatic hydroxyl groups is 1. The van der Waals surface area contributed by atoms with Gasteiger partial charge in [0.1, 0.15) is 12.4 Å². The van der Waals surface area contributed by atoms with Crippen molar-refractivity contribution in [3.63, 3.8) is 0 Å². The Hall–Kier alpha value is -1.57. The summed E-state index contributed by atoms with van der Waals surface area (Å²) in [5, 5.41) is 13.6. The van der Waals surface area contributed by atoms with Crippen molar-refractivity contribution >= 4 is 12.2 Å². The molecule has 5 nitrogen and oxygen atoms in total. The summed E-state index contributed by atoms with van der Waals surface area (Å²) in [5.74, 6) is 0.341. The van der Waals surface area contributed by atoms with Crippen LogP contribution in [0.15, 0.2) is 24.3 Å². The third-order valence-electron chi connectivity index (χ3n) is 4.19. The second-order valence-electron chi connectivity index (χ2n) is 5.58. The Morgan fingerprint density at radius 3 is 2.95 bits per heavy atom. The molecule has 0 amide bonds. The minimum absolute atomic E-state index is 0.138. The molecule has 22 heavy (non-hydrogen) atoms. The molecule has 0 bridgehead atoms. The van der Waals surface area contributed by atoms with E-state index in [2.05, 4.69) is 10.00 Å². The lowest BCUT2D eigenvalue weighted by molar-refractivity contribution is 0.188. The molecule has 1 atom stereocenters. The van der Waals surface area contributed by atoms with E-state index in [9.17, 15) is 9.50 Å². The first-order valence-corrected chi connectivity index (χ1v) is 7.74. The summed E-state index contributed by atoms with van der Waals surface area (Å²) in [6.07, 6.45) is 2.06. The van der Waals surface area contributed by atoms with E-state index in [1.807, 2.05) is 6.07 Å². The summed E-state index contributed by atoms with van der Waals surface area (Å²) in [6.45, 7) is 1.34. The number of hydrogen-bond acceptors (Lipinski definition) is 4. The van der Waals surface area contributed by atoms with Crippen molar-refractivity contribution in [1.82, 2.24) is 19.2 Å².